The molecule has 0 saturated heterocycles. The molecule has 88 valence electrons. The van der Waals surface area contributed by atoms with Crippen molar-refractivity contribution in [3.05, 3.63) is 45.3 Å². The SMILES string of the molecule is Cc1ccc(C#N)c(C(O)C(O)CN=[N+]=[N-])c1. The number of aliphatic hydroxyl groups is 2. The van der Waals surface area contributed by atoms with Crippen molar-refractivity contribution in [2.75, 3.05) is 6.54 Å². The van der Waals surface area contributed by atoms with Gasteiger partial charge in [-0.05, 0) is 18.5 Å². The fourth-order valence-corrected chi connectivity index (χ4v) is 1.46. The van der Waals surface area contributed by atoms with Gasteiger partial charge in [0.1, 0.15) is 6.10 Å². The Bertz CT molecular complexity index is 489. The van der Waals surface area contributed by atoms with Gasteiger partial charge in [-0.25, -0.2) is 0 Å². The average Bonchev–Trinajstić information content (AvgIpc) is 2.34. The highest BCUT2D eigenvalue weighted by atomic mass is 16.3. The second kappa shape index (κ2) is 5.87. The molecule has 0 saturated carbocycles. The minimum absolute atomic E-state index is 0.240. The topological polar surface area (TPSA) is 113 Å². The third-order valence-corrected chi connectivity index (χ3v) is 2.34. The number of rotatable bonds is 4. The molecule has 0 heterocycles. The second-order valence-electron chi connectivity index (χ2n) is 3.63. The molecular formula is C11H12N4O2. The van der Waals surface area contributed by atoms with Crippen molar-refractivity contribution < 1.29 is 10.2 Å². The standard InChI is InChI=1S/C11H12N4O2/c1-7-2-3-8(5-12)9(4-7)11(17)10(16)6-14-15-13/h2-4,10-11,16-17H,6H2,1H3. The molecule has 2 unspecified atom stereocenters. The van der Waals surface area contributed by atoms with Crippen LogP contribution < -0.4 is 0 Å². The largest absolute Gasteiger partial charge is 0.390 e. The summed E-state index contributed by atoms with van der Waals surface area (Å²) in [6.07, 6.45) is -2.46. The monoisotopic (exact) mass is 232 g/mol. The molecule has 6 heteroatoms. The van der Waals surface area contributed by atoms with Crippen molar-refractivity contribution in [3.8, 4) is 6.07 Å². The van der Waals surface area contributed by atoms with Crippen LogP contribution in [0.3, 0.4) is 0 Å². The van der Waals surface area contributed by atoms with Gasteiger partial charge in [0.25, 0.3) is 0 Å². The summed E-state index contributed by atoms with van der Waals surface area (Å²) in [6.45, 7) is 1.58. The van der Waals surface area contributed by atoms with E-state index in [1.807, 2.05) is 13.0 Å². The fourth-order valence-electron chi connectivity index (χ4n) is 1.46. The third kappa shape index (κ3) is 3.20. The molecule has 17 heavy (non-hydrogen) atoms. The Balaban J connectivity index is 3.02. The van der Waals surface area contributed by atoms with E-state index in [0.29, 0.717) is 11.1 Å². The molecule has 1 rings (SSSR count). The Morgan fingerprint density at radius 2 is 2.24 bits per heavy atom. The summed E-state index contributed by atoms with van der Waals surface area (Å²) in [5.41, 5.74) is 9.63. The number of aryl methyl sites for hydroxylation is 1. The molecule has 0 aliphatic rings. The lowest BCUT2D eigenvalue weighted by Crippen LogP contribution is -2.22. The first-order valence-electron chi connectivity index (χ1n) is 4.97. The molecule has 0 aliphatic carbocycles. The summed E-state index contributed by atoms with van der Waals surface area (Å²) in [6, 6.07) is 6.89. The van der Waals surface area contributed by atoms with E-state index in [0.717, 1.165) is 5.56 Å². The number of benzene rings is 1. The summed E-state index contributed by atoms with van der Waals surface area (Å²) in [5.74, 6) is 0. The predicted octanol–water partition coefficient (Wildman–Crippen LogP) is 1.57. The van der Waals surface area contributed by atoms with Crippen LogP contribution in [0.15, 0.2) is 23.3 Å². The molecule has 0 aromatic heterocycles. The van der Waals surface area contributed by atoms with Crippen molar-refractivity contribution in [1.82, 2.24) is 0 Å². The number of azide groups is 1. The van der Waals surface area contributed by atoms with Gasteiger partial charge < -0.3 is 10.2 Å². The van der Waals surface area contributed by atoms with Gasteiger partial charge in [0, 0.05) is 10.5 Å². The first-order chi connectivity index (χ1) is 8.10. The number of nitriles is 1. The van der Waals surface area contributed by atoms with Crippen molar-refractivity contribution in [1.29, 1.82) is 5.26 Å². The number of aliphatic hydroxyl groups excluding tert-OH is 2. The molecule has 0 aliphatic heterocycles. The van der Waals surface area contributed by atoms with Crippen LogP contribution in [-0.4, -0.2) is 22.9 Å². The lowest BCUT2D eigenvalue weighted by atomic mass is 9.97. The van der Waals surface area contributed by atoms with E-state index in [2.05, 4.69) is 10.0 Å². The lowest BCUT2D eigenvalue weighted by molar-refractivity contribution is 0.0242. The van der Waals surface area contributed by atoms with Gasteiger partial charge in [0.15, 0.2) is 0 Å². The molecule has 2 atom stereocenters. The fraction of sp³-hybridized carbons (Fsp3) is 0.364. The lowest BCUT2D eigenvalue weighted by Gasteiger charge is -2.17. The minimum Gasteiger partial charge on any atom is -0.390 e. The quantitative estimate of drug-likeness (QED) is 0.466. The van der Waals surface area contributed by atoms with Crippen molar-refractivity contribution >= 4 is 0 Å². The maximum atomic E-state index is 9.87. The highest BCUT2D eigenvalue weighted by molar-refractivity contribution is 5.41. The number of hydrogen-bond donors (Lipinski definition) is 2. The highest BCUT2D eigenvalue weighted by Crippen LogP contribution is 2.22. The number of nitrogens with zero attached hydrogens (tertiary/aromatic N) is 4. The van der Waals surface area contributed by atoms with Crippen LogP contribution in [-0.2, 0) is 0 Å². The molecule has 0 fully saturated rings. The molecule has 6 nitrogen and oxygen atoms in total. The Kier molecular flexibility index (Phi) is 4.49. The van der Waals surface area contributed by atoms with E-state index in [1.165, 1.54) is 0 Å². The zero-order valence-corrected chi connectivity index (χ0v) is 9.28. The van der Waals surface area contributed by atoms with Crippen molar-refractivity contribution in [2.24, 2.45) is 5.11 Å². The van der Waals surface area contributed by atoms with E-state index >= 15 is 0 Å². The molecule has 2 N–H and O–H groups in total. The average molecular weight is 232 g/mol. The first kappa shape index (κ1) is 13.0. The van der Waals surface area contributed by atoms with Gasteiger partial charge in [0.2, 0.25) is 0 Å². The van der Waals surface area contributed by atoms with Crippen LogP contribution in [0, 0.1) is 18.3 Å². The molecule has 0 spiro atoms. The van der Waals surface area contributed by atoms with E-state index in [9.17, 15) is 10.2 Å². The smallest absolute Gasteiger partial charge is 0.106 e. The Hall–Kier alpha value is -2.06. The van der Waals surface area contributed by atoms with Crippen LogP contribution in [0.25, 0.3) is 10.4 Å². The van der Waals surface area contributed by atoms with Gasteiger partial charge in [-0.2, -0.15) is 5.26 Å². The normalized spacial score (nSPS) is 13.3. The van der Waals surface area contributed by atoms with Crippen LogP contribution in [0.5, 0.6) is 0 Å². The summed E-state index contributed by atoms with van der Waals surface area (Å²) < 4.78 is 0. The Morgan fingerprint density at radius 3 is 2.82 bits per heavy atom. The summed E-state index contributed by atoms with van der Waals surface area (Å²) in [7, 11) is 0. The Labute approximate surface area is 98.4 Å². The maximum Gasteiger partial charge on any atom is 0.106 e. The van der Waals surface area contributed by atoms with E-state index in [4.69, 9.17) is 10.8 Å². The van der Waals surface area contributed by atoms with Crippen molar-refractivity contribution in [2.45, 2.75) is 19.1 Å². The van der Waals surface area contributed by atoms with Gasteiger partial charge in [-0.1, -0.05) is 22.8 Å². The third-order valence-electron chi connectivity index (χ3n) is 2.34. The first-order valence-corrected chi connectivity index (χ1v) is 4.97. The van der Waals surface area contributed by atoms with E-state index < -0.39 is 12.2 Å². The van der Waals surface area contributed by atoms with Gasteiger partial charge in [-0.3, -0.25) is 0 Å². The van der Waals surface area contributed by atoms with Gasteiger partial charge in [-0.15, -0.1) is 0 Å². The molecule has 1 aromatic carbocycles. The molecule has 0 bridgehead atoms. The molecule has 0 amide bonds. The molecule has 0 radical (unpaired) electrons. The summed E-state index contributed by atoms with van der Waals surface area (Å²) in [5, 5.41) is 31.5. The van der Waals surface area contributed by atoms with Crippen LogP contribution in [0.1, 0.15) is 22.8 Å². The zero-order chi connectivity index (χ0) is 12.8. The summed E-state index contributed by atoms with van der Waals surface area (Å²) in [4.78, 5) is 2.50. The molecular weight excluding hydrogens is 220 g/mol. The second-order valence-corrected chi connectivity index (χ2v) is 3.63. The number of hydrogen-bond acceptors (Lipinski definition) is 4. The highest BCUT2D eigenvalue weighted by Gasteiger charge is 2.20. The Morgan fingerprint density at radius 1 is 1.53 bits per heavy atom. The predicted molar refractivity (Wildman–Crippen MR) is 60.9 cm³/mol. The van der Waals surface area contributed by atoms with Gasteiger partial charge >= 0.3 is 0 Å². The maximum absolute atomic E-state index is 9.87. The van der Waals surface area contributed by atoms with Crippen molar-refractivity contribution in [3.63, 3.8) is 0 Å². The van der Waals surface area contributed by atoms with E-state index in [1.54, 1.807) is 18.2 Å². The molecule has 1 aromatic rings. The minimum atomic E-state index is -1.24. The van der Waals surface area contributed by atoms with Crippen LogP contribution in [0.2, 0.25) is 0 Å². The van der Waals surface area contributed by atoms with E-state index in [-0.39, 0.29) is 6.54 Å². The van der Waals surface area contributed by atoms with Crippen LogP contribution in [0.4, 0.5) is 0 Å². The van der Waals surface area contributed by atoms with Crippen LogP contribution >= 0.6 is 0 Å². The summed E-state index contributed by atoms with van der Waals surface area (Å²) >= 11 is 0. The zero-order valence-electron chi connectivity index (χ0n) is 9.28. The van der Waals surface area contributed by atoms with Gasteiger partial charge in [0.05, 0.1) is 24.3 Å².